The van der Waals surface area contributed by atoms with Crippen molar-refractivity contribution >= 4 is 34.4 Å². The number of carbonyl (C=O) groups is 1. The number of carbonyl (C=O) groups excluding carboxylic acids is 1. The Balaban J connectivity index is 1.57. The third-order valence-corrected chi connectivity index (χ3v) is 4.38. The number of aromatic amines is 1. The average molecular weight is 355 g/mol. The molecule has 0 spiro atoms. The summed E-state index contributed by atoms with van der Waals surface area (Å²) in [5.74, 6) is 0. The zero-order valence-corrected chi connectivity index (χ0v) is 14.8. The van der Waals surface area contributed by atoms with Gasteiger partial charge in [0.15, 0.2) is 0 Å². The smallest absolute Gasteiger partial charge is 0.323 e. The van der Waals surface area contributed by atoms with Gasteiger partial charge in [0.2, 0.25) is 0 Å². The molecule has 0 aliphatic heterocycles. The van der Waals surface area contributed by atoms with Crippen molar-refractivity contribution in [2.24, 2.45) is 0 Å². The molecule has 0 aliphatic carbocycles. The standard InChI is InChI=1S/C18H21N5OS/c1-2-3-9-19-14-4-6-15(7-5-14)21-18(24)22-16-11-20-23-17(16)13-8-10-25-12-13/h4-8,10-12,19H,2-3,9H2,1H3,(H,20,23)(H2,21,22,24). The van der Waals surface area contributed by atoms with E-state index in [9.17, 15) is 4.79 Å². The number of aromatic nitrogens is 2. The van der Waals surface area contributed by atoms with Crippen LogP contribution in [0.2, 0.25) is 0 Å². The van der Waals surface area contributed by atoms with E-state index in [4.69, 9.17) is 0 Å². The lowest BCUT2D eigenvalue weighted by Gasteiger charge is -2.09. The van der Waals surface area contributed by atoms with Crippen molar-refractivity contribution in [2.75, 3.05) is 22.5 Å². The van der Waals surface area contributed by atoms with Crippen molar-refractivity contribution in [3.8, 4) is 11.3 Å². The molecule has 0 saturated carbocycles. The monoisotopic (exact) mass is 355 g/mol. The molecular formula is C18H21N5OS. The molecule has 25 heavy (non-hydrogen) atoms. The zero-order chi connectivity index (χ0) is 17.5. The first-order valence-corrected chi connectivity index (χ1v) is 9.18. The van der Waals surface area contributed by atoms with E-state index in [0.29, 0.717) is 5.69 Å². The number of amides is 2. The van der Waals surface area contributed by atoms with Crippen molar-refractivity contribution in [3.63, 3.8) is 0 Å². The molecule has 0 aliphatic rings. The van der Waals surface area contributed by atoms with E-state index < -0.39 is 0 Å². The maximum absolute atomic E-state index is 12.2. The highest BCUT2D eigenvalue weighted by atomic mass is 32.1. The van der Waals surface area contributed by atoms with Crippen molar-refractivity contribution in [3.05, 3.63) is 47.3 Å². The van der Waals surface area contributed by atoms with E-state index in [0.717, 1.165) is 42.0 Å². The number of anilines is 3. The maximum atomic E-state index is 12.2. The second-order valence-electron chi connectivity index (χ2n) is 5.61. The fraction of sp³-hybridized carbons (Fsp3) is 0.222. The Morgan fingerprint density at radius 2 is 1.96 bits per heavy atom. The number of unbranched alkanes of at least 4 members (excludes halogenated alkanes) is 1. The van der Waals surface area contributed by atoms with Crippen LogP contribution in [-0.4, -0.2) is 22.8 Å². The van der Waals surface area contributed by atoms with Gasteiger partial charge in [-0.1, -0.05) is 13.3 Å². The van der Waals surface area contributed by atoms with Crippen LogP contribution in [0.4, 0.5) is 21.9 Å². The number of thiophene rings is 1. The molecule has 2 heterocycles. The molecule has 0 radical (unpaired) electrons. The summed E-state index contributed by atoms with van der Waals surface area (Å²) in [5.41, 5.74) is 4.23. The van der Waals surface area contributed by atoms with Gasteiger partial charge in [0, 0.05) is 28.9 Å². The molecule has 130 valence electrons. The SMILES string of the molecule is CCCCNc1ccc(NC(=O)Nc2cn[nH]c2-c2ccsc2)cc1. The number of hydrogen-bond acceptors (Lipinski definition) is 4. The number of nitrogens with one attached hydrogen (secondary N) is 4. The quantitative estimate of drug-likeness (QED) is 0.450. The van der Waals surface area contributed by atoms with Crippen molar-refractivity contribution in [1.82, 2.24) is 10.2 Å². The number of benzene rings is 1. The van der Waals surface area contributed by atoms with E-state index in [1.54, 1.807) is 17.5 Å². The molecule has 0 saturated heterocycles. The molecular weight excluding hydrogens is 334 g/mol. The number of urea groups is 1. The fourth-order valence-corrected chi connectivity index (χ4v) is 3.02. The minimum atomic E-state index is -0.301. The number of rotatable bonds is 7. The van der Waals surface area contributed by atoms with Crippen molar-refractivity contribution < 1.29 is 4.79 Å². The fourth-order valence-electron chi connectivity index (χ4n) is 2.37. The molecule has 0 unspecified atom stereocenters. The minimum Gasteiger partial charge on any atom is -0.385 e. The van der Waals surface area contributed by atoms with Gasteiger partial charge in [-0.3, -0.25) is 5.10 Å². The number of nitrogens with zero attached hydrogens (tertiary/aromatic N) is 1. The highest BCUT2D eigenvalue weighted by Crippen LogP contribution is 2.27. The summed E-state index contributed by atoms with van der Waals surface area (Å²) in [6, 6.07) is 9.35. The lowest BCUT2D eigenvalue weighted by molar-refractivity contribution is 0.262. The van der Waals surface area contributed by atoms with E-state index in [1.807, 2.05) is 41.1 Å². The Bertz CT molecular complexity index is 795. The van der Waals surface area contributed by atoms with Crippen LogP contribution in [0, 0.1) is 0 Å². The molecule has 1 aromatic carbocycles. The molecule has 0 fully saturated rings. The molecule has 7 heteroatoms. The summed E-state index contributed by atoms with van der Waals surface area (Å²) in [7, 11) is 0. The van der Waals surface area contributed by atoms with Crippen LogP contribution in [0.5, 0.6) is 0 Å². The Hall–Kier alpha value is -2.80. The lowest BCUT2D eigenvalue weighted by Crippen LogP contribution is -2.19. The summed E-state index contributed by atoms with van der Waals surface area (Å²) < 4.78 is 0. The van der Waals surface area contributed by atoms with Crippen LogP contribution >= 0.6 is 11.3 Å². The van der Waals surface area contributed by atoms with Gasteiger partial charge in [-0.25, -0.2) is 4.79 Å². The molecule has 6 nitrogen and oxygen atoms in total. The Morgan fingerprint density at radius 3 is 2.68 bits per heavy atom. The van der Waals surface area contributed by atoms with Gasteiger partial charge in [-0.2, -0.15) is 16.4 Å². The molecule has 2 aromatic heterocycles. The lowest BCUT2D eigenvalue weighted by atomic mass is 10.2. The molecule has 4 N–H and O–H groups in total. The van der Waals surface area contributed by atoms with Gasteiger partial charge in [-0.15, -0.1) is 0 Å². The highest BCUT2D eigenvalue weighted by molar-refractivity contribution is 7.08. The van der Waals surface area contributed by atoms with Gasteiger partial charge in [0.1, 0.15) is 0 Å². The zero-order valence-electron chi connectivity index (χ0n) is 14.0. The van der Waals surface area contributed by atoms with Gasteiger partial charge < -0.3 is 16.0 Å². The van der Waals surface area contributed by atoms with E-state index in [1.165, 1.54) is 0 Å². The third-order valence-electron chi connectivity index (χ3n) is 3.70. The van der Waals surface area contributed by atoms with Crippen LogP contribution < -0.4 is 16.0 Å². The summed E-state index contributed by atoms with van der Waals surface area (Å²) in [6.07, 6.45) is 3.90. The summed E-state index contributed by atoms with van der Waals surface area (Å²) in [5, 5.41) is 19.9. The molecule has 3 aromatic rings. The first-order valence-electron chi connectivity index (χ1n) is 8.24. The minimum absolute atomic E-state index is 0.301. The predicted molar refractivity (Wildman–Crippen MR) is 104 cm³/mol. The first-order chi connectivity index (χ1) is 12.3. The summed E-state index contributed by atoms with van der Waals surface area (Å²) in [6.45, 7) is 3.12. The second kappa shape index (κ2) is 8.34. The molecule has 2 amide bonds. The van der Waals surface area contributed by atoms with Crippen LogP contribution in [0.1, 0.15) is 19.8 Å². The van der Waals surface area contributed by atoms with Crippen LogP contribution in [0.3, 0.4) is 0 Å². The normalized spacial score (nSPS) is 10.4. The average Bonchev–Trinajstić information content (AvgIpc) is 3.28. The summed E-state index contributed by atoms with van der Waals surface area (Å²) >= 11 is 1.59. The second-order valence-corrected chi connectivity index (χ2v) is 6.39. The van der Waals surface area contributed by atoms with Gasteiger partial charge in [0.05, 0.1) is 17.6 Å². The van der Waals surface area contributed by atoms with Crippen LogP contribution in [-0.2, 0) is 0 Å². The first kappa shape index (κ1) is 17.0. The largest absolute Gasteiger partial charge is 0.385 e. The molecule has 0 bridgehead atoms. The van der Waals surface area contributed by atoms with Crippen molar-refractivity contribution in [2.45, 2.75) is 19.8 Å². The van der Waals surface area contributed by atoms with E-state index >= 15 is 0 Å². The number of H-pyrrole nitrogens is 1. The maximum Gasteiger partial charge on any atom is 0.323 e. The van der Waals surface area contributed by atoms with Gasteiger partial charge in [0.25, 0.3) is 0 Å². The van der Waals surface area contributed by atoms with Gasteiger partial charge >= 0.3 is 6.03 Å². The third kappa shape index (κ3) is 4.60. The predicted octanol–water partition coefficient (Wildman–Crippen LogP) is 4.99. The molecule has 0 atom stereocenters. The topological polar surface area (TPSA) is 81.8 Å². The van der Waals surface area contributed by atoms with E-state index in [-0.39, 0.29) is 6.03 Å². The molecule has 3 rings (SSSR count). The highest BCUT2D eigenvalue weighted by Gasteiger charge is 2.11. The van der Waals surface area contributed by atoms with Crippen LogP contribution in [0.15, 0.2) is 47.3 Å². The van der Waals surface area contributed by atoms with Crippen LogP contribution in [0.25, 0.3) is 11.3 Å². The van der Waals surface area contributed by atoms with Crippen molar-refractivity contribution in [1.29, 1.82) is 0 Å². The van der Waals surface area contributed by atoms with Gasteiger partial charge in [-0.05, 0) is 42.1 Å². The Kier molecular flexibility index (Phi) is 5.69. The number of hydrogen-bond donors (Lipinski definition) is 4. The Labute approximate surface area is 150 Å². The Morgan fingerprint density at radius 1 is 1.16 bits per heavy atom. The van der Waals surface area contributed by atoms with E-state index in [2.05, 4.69) is 33.1 Å². The summed E-state index contributed by atoms with van der Waals surface area (Å²) in [4.78, 5) is 12.2.